The van der Waals surface area contributed by atoms with Gasteiger partial charge in [-0.3, -0.25) is 4.90 Å². The normalized spacial score (nSPS) is 19.1. The van der Waals surface area contributed by atoms with Crippen LogP contribution < -0.4 is 0 Å². The lowest BCUT2D eigenvalue weighted by molar-refractivity contribution is 0.112. The third kappa shape index (κ3) is 5.15. The Hall–Kier alpha value is -1.68. The van der Waals surface area contributed by atoms with Crippen LogP contribution in [-0.4, -0.2) is 56.7 Å². The Labute approximate surface area is 152 Å². The second kappa shape index (κ2) is 8.61. The van der Waals surface area contributed by atoms with Crippen molar-refractivity contribution in [3.05, 3.63) is 59.7 Å². The van der Waals surface area contributed by atoms with Crippen LogP contribution in [0.2, 0.25) is 0 Å². The van der Waals surface area contributed by atoms with Gasteiger partial charge in [-0.15, -0.1) is 0 Å². The Balaban J connectivity index is 1.72. The number of rotatable bonds is 5. The van der Waals surface area contributed by atoms with Crippen molar-refractivity contribution in [1.82, 2.24) is 9.80 Å². The molecule has 3 nitrogen and oxygen atoms in total. The van der Waals surface area contributed by atoms with E-state index in [0.29, 0.717) is 5.92 Å². The molecular formula is C22H30N2O. The van der Waals surface area contributed by atoms with Crippen molar-refractivity contribution < 1.29 is 4.74 Å². The molecule has 2 aromatic carbocycles. The van der Waals surface area contributed by atoms with Crippen LogP contribution in [0.1, 0.15) is 11.1 Å². The van der Waals surface area contributed by atoms with Crippen LogP contribution in [0.4, 0.5) is 0 Å². The molecule has 0 radical (unpaired) electrons. The predicted molar refractivity (Wildman–Crippen MR) is 105 cm³/mol. The summed E-state index contributed by atoms with van der Waals surface area (Å²) < 4.78 is 5.82. The highest BCUT2D eigenvalue weighted by atomic mass is 16.5. The van der Waals surface area contributed by atoms with Crippen LogP contribution in [0.15, 0.2) is 48.5 Å². The van der Waals surface area contributed by atoms with E-state index in [4.69, 9.17) is 4.74 Å². The van der Waals surface area contributed by atoms with Gasteiger partial charge in [-0.25, -0.2) is 0 Å². The number of hydrogen-bond donors (Lipinski definition) is 0. The van der Waals surface area contributed by atoms with Crippen molar-refractivity contribution in [3.8, 4) is 11.1 Å². The fourth-order valence-corrected chi connectivity index (χ4v) is 3.72. The van der Waals surface area contributed by atoms with Crippen molar-refractivity contribution in [2.24, 2.45) is 5.92 Å². The quantitative estimate of drug-likeness (QED) is 0.827. The van der Waals surface area contributed by atoms with Gasteiger partial charge in [0.2, 0.25) is 0 Å². The summed E-state index contributed by atoms with van der Waals surface area (Å²) in [5.41, 5.74) is 5.35. The maximum absolute atomic E-state index is 5.82. The molecule has 25 heavy (non-hydrogen) atoms. The summed E-state index contributed by atoms with van der Waals surface area (Å²) in [4.78, 5) is 4.80. The summed E-state index contributed by atoms with van der Waals surface area (Å²) >= 11 is 0. The first-order valence-corrected chi connectivity index (χ1v) is 9.21. The van der Waals surface area contributed by atoms with Gasteiger partial charge in [-0.1, -0.05) is 42.5 Å². The van der Waals surface area contributed by atoms with E-state index in [2.05, 4.69) is 79.3 Å². The van der Waals surface area contributed by atoms with E-state index in [9.17, 15) is 0 Å². The van der Waals surface area contributed by atoms with Crippen LogP contribution in [0.3, 0.4) is 0 Å². The molecule has 0 bridgehead atoms. The van der Waals surface area contributed by atoms with E-state index < -0.39 is 0 Å². The molecule has 3 heteroatoms. The molecule has 3 rings (SSSR count). The van der Waals surface area contributed by atoms with Crippen molar-refractivity contribution in [1.29, 1.82) is 0 Å². The lowest BCUT2D eigenvalue weighted by atomic mass is 9.99. The molecule has 1 unspecified atom stereocenters. The van der Waals surface area contributed by atoms with Gasteiger partial charge in [-0.05, 0) is 49.3 Å². The van der Waals surface area contributed by atoms with Crippen molar-refractivity contribution >= 4 is 0 Å². The smallest absolute Gasteiger partial charge is 0.0593 e. The highest BCUT2D eigenvalue weighted by Gasteiger charge is 2.19. The summed E-state index contributed by atoms with van der Waals surface area (Å²) in [7, 11) is 4.28. The van der Waals surface area contributed by atoms with Crippen molar-refractivity contribution in [2.75, 3.05) is 46.9 Å². The fourth-order valence-electron chi connectivity index (χ4n) is 3.72. The fraction of sp³-hybridized carbons (Fsp3) is 0.455. The zero-order chi connectivity index (χ0) is 17.6. The van der Waals surface area contributed by atoms with Crippen molar-refractivity contribution in [3.63, 3.8) is 0 Å². The molecule has 1 atom stereocenters. The van der Waals surface area contributed by atoms with E-state index in [-0.39, 0.29) is 0 Å². The zero-order valence-corrected chi connectivity index (χ0v) is 15.7. The van der Waals surface area contributed by atoms with Crippen LogP contribution >= 0.6 is 0 Å². The molecule has 1 aliphatic heterocycles. The Bertz CT molecular complexity index is 683. The van der Waals surface area contributed by atoms with E-state index in [1.54, 1.807) is 0 Å². The summed E-state index contributed by atoms with van der Waals surface area (Å²) in [5, 5.41) is 0. The van der Waals surface area contributed by atoms with E-state index in [1.165, 1.54) is 22.3 Å². The molecular weight excluding hydrogens is 308 g/mol. The molecule has 0 spiro atoms. The maximum atomic E-state index is 5.82. The van der Waals surface area contributed by atoms with Crippen LogP contribution in [0.25, 0.3) is 11.1 Å². The summed E-state index contributed by atoms with van der Waals surface area (Å²) in [6.45, 7) is 8.08. The molecule has 0 amide bonds. The topological polar surface area (TPSA) is 15.7 Å². The summed E-state index contributed by atoms with van der Waals surface area (Å²) in [5.74, 6) is 0.581. The molecule has 2 aromatic rings. The Morgan fingerprint density at radius 1 is 1.12 bits per heavy atom. The van der Waals surface area contributed by atoms with Crippen LogP contribution in [-0.2, 0) is 11.3 Å². The molecule has 0 aromatic heterocycles. The molecule has 1 fully saturated rings. The van der Waals surface area contributed by atoms with Gasteiger partial charge in [0.15, 0.2) is 0 Å². The van der Waals surface area contributed by atoms with Gasteiger partial charge in [0.25, 0.3) is 0 Å². The molecule has 0 N–H and O–H groups in total. The number of benzene rings is 2. The van der Waals surface area contributed by atoms with Gasteiger partial charge < -0.3 is 9.64 Å². The number of hydrogen-bond acceptors (Lipinski definition) is 3. The Morgan fingerprint density at radius 2 is 1.96 bits per heavy atom. The van der Waals surface area contributed by atoms with E-state index in [1.807, 2.05) is 0 Å². The number of aryl methyl sites for hydroxylation is 1. The van der Waals surface area contributed by atoms with Gasteiger partial charge in [-0.2, -0.15) is 0 Å². The lowest BCUT2D eigenvalue weighted by Gasteiger charge is -2.25. The van der Waals surface area contributed by atoms with E-state index >= 15 is 0 Å². The molecule has 134 valence electrons. The van der Waals surface area contributed by atoms with Crippen LogP contribution in [0, 0.1) is 12.8 Å². The minimum absolute atomic E-state index is 0.581. The minimum Gasteiger partial charge on any atom is -0.380 e. The summed E-state index contributed by atoms with van der Waals surface area (Å²) in [6, 6.07) is 17.6. The largest absolute Gasteiger partial charge is 0.380 e. The average Bonchev–Trinajstić information content (AvgIpc) is 2.80. The first-order chi connectivity index (χ1) is 12.1. The first kappa shape index (κ1) is 18.1. The summed E-state index contributed by atoms with van der Waals surface area (Å²) in [6.07, 6.45) is 0. The third-order valence-corrected chi connectivity index (χ3v) is 4.83. The number of nitrogens with zero attached hydrogens (tertiary/aromatic N) is 2. The molecule has 1 heterocycles. The molecule has 1 saturated heterocycles. The predicted octanol–water partition coefficient (Wildman–Crippen LogP) is 3.67. The van der Waals surface area contributed by atoms with E-state index in [0.717, 1.165) is 39.4 Å². The van der Waals surface area contributed by atoms with Gasteiger partial charge >= 0.3 is 0 Å². The number of ether oxygens (including phenoxy) is 1. The molecule has 0 aliphatic carbocycles. The first-order valence-electron chi connectivity index (χ1n) is 9.21. The average molecular weight is 338 g/mol. The lowest BCUT2D eigenvalue weighted by Crippen LogP contribution is -2.34. The minimum atomic E-state index is 0.581. The Kier molecular flexibility index (Phi) is 6.24. The second-order valence-electron chi connectivity index (χ2n) is 7.45. The molecule has 1 aliphatic rings. The SMILES string of the molecule is Cc1ccccc1-c1cccc(CN2CCOCC(CN(C)C)C2)c1. The van der Waals surface area contributed by atoms with Gasteiger partial charge in [0.05, 0.1) is 13.2 Å². The second-order valence-corrected chi connectivity index (χ2v) is 7.45. The molecule has 0 saturated carbocycles. The van der Waals surface area contributed by atoms with Gasteiger partial charge in [0.1, 0.15) is 0 Å². The standard InChI is InChI=1S/C22H30N2O/c1-18-7-4-5-10-22(18)21-9-6-8-19(13-21)15-24-11-12-25-17-20(16-24)14-23(2)3/h4-10,13,20H,11-12,14-17H2,1-3H3. The monoisotopic (exact) mass is 338 g/mol. The maximum Gasteiger partial charge on any atom is 0.0593 e. The highest BCUT2D eigenvalue weighted by Crippen LogP contribution is 2.24. The van der Waals surface area contributed by atoms with Crippen LogP contribution in [0.5, 0.6) is 0 Å². The van der Waals surface area contributed by atoms with Gasteiger partial charge in [0, 0.05) is 32.1 Å². The highest BCUT2D eigenvalue weighted by molar-refractivity contribution is 5.67. The van der Waals surface area contributed by atoms with Crippen molar-refractivity contribution in [2.45, 2.75) is 13.5 Å². The Morgan fingerprint density at radius 3 is 2.76 bits per heavy atom. The zero-order valence-electron chi connectivity index (χ0n) is 15.7. The third-order valence-electron chi connectivity index (χ3n) is 4.83.